The Hall–Kier alpha value is -1.44. The first kappa shape index (κ1) is 13.6. The molecule has 1 rings (SSSR count). The van der Waals surface area contributed by atoms with Crippen molar-refractivity contribution < 1.29 is 9.47 Å². The quantitative estimate of drug-likeness (QED) is 0.720. The Morgan fingerprint density at radius 3 is 2.47 bits per heavy atom. The van der Waals surface area contributed by atoms with Crippen LogP contribution in [-0.2, 0) is 6.42 Å². The van der Waals surface area contributed by atoms with E-state index < -0.39 is 0 Å². The van der Waals surface area contributed by atoms with E-state index in [0.717, 1.165) is 17.9 Å². The molecule has 0 amide bonds. The molecule has 0 aliphatic heterocycles. The van der Waals surface area contributed by atoms with Gasteiger partial charge in [-0.1, -0.05) is 32.9 Å². The summed E-state index contributed by atoms with van der Waals surface area (Å²) in [6.45, 7) is 10.8. The third kappa shape index (κ3) is 4.51. The molecule has 0 radical (unpaired) electrons. The summed E-state index contributed by atoms with van der Waals surface area (Å²) in [6.07, 6.45) is 2.72. The van der Waals surface area contributed by atoms with Crippen LogP contribution in [0.3, 0.4) is 0 Å². The zero-order chi connectivity index (χ0) is 12.9. The second-order valence-corrected chi connectivity index (χ2v) is 5.33. The van der Waals surface area contributed by atoms with E-state index in [4.69, 9.17) is 9.47 Å². The molecule has 0 aromatic heterocycles. The van der Waals surface area contributed by atoms with Crippen LogP contribution < -0.4 is 9.47 Å². The van der Waals surface area contributed by atoms with Crippen molar-refractivity contribution in [2.75, 3.05) is 13.7 Å². The molecule has 1 aromatic carbocycles. The fourth-order valence-electron chi connectivity index (χ4n) is 1.42. The van der Waals surface area contributed by atoms with Gasteiger partial charge in [0.25, 0.3) is 0 Å². The number of allylic oxidation sites excluding steroid dienone is 1. The van der Waals surface area contributed by atoms with E-state index in [1.165, 1.54) is 5.56 Å². The maximum Gasteiger partial charge on any atom is 0.161 e. The molecule has 0 atom stereocenters. The number of hydrogen-bond donors (Lipinski definition) is 0. The predicted octanol–water partition coefficient (Wildman–Crippen LogP) is 3.85. The van der Waals surface area contributed by atoms with Gasteiger partial charge in [-0.05, 0) is 29.5 Å². The van der Waals surface area contributed by atoms with Crippen LogP contribution in [0.4, 0.5) is 0 Å². The number of benzene rings is 1. The zero-order valence-corrected chi connectivity index (χ0v) is 11.2. The highest BCUT2D eigenvalue weighted by Gasteiger charge is 2.13. The van der Waals surface area contributed by atoms with Crippen LogP contribution >= 0.6 is 0 Å². The normalized spacial score (nSPS) is 11.1. The molecular weight excluding hydrogens is 212 g/mol. The van der Waals surface area contributed by atoms with Crippen LogP contribution in [-0.4, -0.2) is 13.7 Å². The molecule has 2 heteroatoms. The molecule has 0 fully saturated rings. The topological polar surface area (TPSA) is 18.5 Å². The molecule has 0 bridgehead atoms. The highest BCUT2D eigenvalue weighted by atomic mass is 16.5. The number of rotatable bonds is 5. The summed E-state index contributed by atoms with van der Waals surface area (Å²) in [6, 6.07) is 6.01. The van der Waals surface area contributed by atoms with Crippen molar-refractivity contribution in [1.82, 2.24) is 0 Å². The van der Waals surface area contributed by atoms with Crippen LogP contribution in [0.15, 0.2) is 30.9 Å². The molecule has 0 aliphatic carbocycles. The zero-order valence-electron chi connectivity index (χ0n) is 11.2. The SMILES string of the molecule is C=CCc1ccc(OCC(C)(C)C)c(OC)c1. The highest BCUT2D eigenvalue weighted by Crippen LogP contribution is 2.29. The summed E-state index contributed by atoms with van der Waals surface area (Å²) < 4.78 is 11.1. The average molecular weight is 234 g/mol. The van der Waals surface area contributed by atoms with Gasteiger partial charge in [-0.2, -0.15) is 0 Å². The van der Waals surface area contributed by atoms with E-state index in [0.29, 0.717) is 6.61 Å². The fraction of sp³-hybridized carbons (Fsp3) is 0.467. The van der Waals surface area contributed by atoms with Gasteiger partial charge in [0.2, 0.25) is 0 Å². The van der Waals surface area contributed by atoms with Gasteiger partial charge >= 0.3 is 0 Å². The minimum Gasteiger partial charge on any atom is -0.493 e. The summed E-state index contributed by atoms with van der Waals surface area (Å²) in [4.78, 5) is 0. The third-order valence-electron chi connectivity index (χ3n) is 2.27. The van der Waals surface area contributed by atoms with Crippen LogP contribution in [0.1, 0.15) is 26.3 Å². The van der Waals surface area contributed by atoms with Crippen molar-refractivity contribution in [2.45, 2.75) is 27.2 Å². The first-order chi connectivity index (χ1) is 7.96. The average Bonchev–Trinajstić information content (AvgIpc) is 2.26. The predicted molar refractivity (Wildman–Crippen MR) is 71.8 cm³/mol. The number of ether oxygens (including phenoxy) is 2. The Balaban J connectivity index is 2.81. The largest absolute Gasteiger partial charge is 0.493 e. The van der Waals surface area contributed by atoms with Crippen LogP contribution in [0, 0.1) is 5.41 Å². The van der Waals surface area contributed by atoms with E-state index in [2.05, 4.69) is 27.4 Å². The fourth-order valence-corrected chi connectivity index (χ4v) is 1.42. The Labute approximate surface area is 104 Å². The molecule has 0 spiro atoms. The van der Waals surface area contributed by atoms with E-state index in [-0.39, 0.29) is 5.41 Å². The van der Waals surface area contributed by atoms with Gasteiger partial charge in [0.1, 0.15) is 0 Å². The molecule has 1 aromatic rings. The Morgan fingerprint density at radius 2 is 1.94 bits per heavy atom. The van der Waals surface area contributed by atoms with Crippen molar-refractivity contribution in [3.8, 4) is 11.5 Å². The smallest absolute Gasteiger partial charge is 0.161 e. The molecule has 0 heterocycles. The lowest BCUT2D eigenvalue weighted by atomic mass is 9.99. The minimum absolute atomic E-state index is 0.144. The third-order valence-corrected chi connectivity index (χ3v) is 2.27. The van der Waals surface area contributed by atoms with E-state index in [1.807, 2.05) is 24.3 Å². The monoisotopic (exact) mass is 234 g/mol. The van der Waals surface area contributed by atoms with Gasteiger partial charge in [0.15, 0.2) is 11.5 Å². The maximum atomic E-state index is 5.77. The molecule has 0 saturated carbocycles. The van der Waals surface area contributed by atoms with Gasteiger partial charge in [0.05, 0.1) is 13.7 Å². The summed E-state index contributed by atoms with van der Waals surface area (Å²) in [5.74, 6) is 1.59. The molecule has 2 nitrogen and oxygen atoms in total. The van der Waals surface area contributed by atoms with Crippen molar-refractivity contribution >= 4 is 0 Å². The van der Waals surface area contributed by atoms with Crippen molar-refractivity contribution in [2.24, 2.45) is 5.41 Å². The standard InChI is InChI=1S/C15H22O2/c1-6-7-12-8-9-13(14(10-12)16-5)17-11-15(2,3)4/h6,8-10H,1,7,11H2,2-5H3. The Morgan fingerprint density at radius 1 is 1.24 bits per heavy atom. The summed E-state index contributed by atoms with van der Waals surface area (Å²) in [7, 11) is 1.66. The van der Waals surface area contributed by atoms with Crippen LogP contribution in [0.25, 0.3) is 0 Å². The first-order valence-electron chi connectivity index (χ1n) is 5.87. The molecule has 0 aliphatic rings. The molecule has 0 saturated heterocycles. The van der Waals surface area contributed by atoms with Gasteiger partial charge in [-0.3, -0.25) is 0 Å². The second-order valence-electron chi connectivity index (χ2n) is 5.33. The molecule has 0 N–H and O–H groups in total. The second kappa shape index (κ2) is 5.76. The Bertz CT molecular complexity index is 375. The van der Waals surface area contributed by atoms with Crippen LogP contribution in [0.2, 0.25) is 0 Å². The van der Waals surface area contributed by atoms with Gasteiger partial charge in [-0.15, -0.1) is 6.58 Å². The van der Waals surface area contributed by atoms with Gasteiger partial charge < -0.3 is 9.47 Å². The van der Waals surface area contributed by atoms with E-state index in [9.17, 15) is 0 Å². The summed E-state index contributed by atoms with van der Waals surface area (Å²) in [5, 5.41) is 0. The molecule has 17 heavy (non-hydrogen) atoms. The summed E-state index contributed by atoms with van der Waals surface area (Å²) in [5.41, 5.74) is 1.32. The Kier molecular flexibility index (Phi) is 4.62. The maximum absolute atomic E-state index is 5.77. The van der Waals surface area contributed by atoms with E-state index in [1.54, 1.807) is 7.11 Å². The lowest BCUT2D eigenvalue weighted by Gasteiger charge is -2.20. The summed E-state index contributed by atoms with van der Waals surface area (Å²) >= 11 is 0. The molecule has 0 unspecified atom stereocenters. The lowest BCUT2D eigenvalue weighted by molar-refractivity contribution is 0.191. The van der Waals surface area contributed by atoms with Gasteiger partial charge in [0, 0.05) is 0 Å². The van der Waals surface area contributed by atoms with Gasteiger partial charge in [-0.25, -0.2) is 0 Å². The number of hydrogen-bond acceptors (Lipinski definition) is 2. The molecule has 94 valence electrons. The van der Waals surface area contributed by atoms with Crippen molar-refractivity contribution in [3.63, 3.8) is 0 Å². The first-order valence-corrected chi connectivity index (χ1v) is 5.87. The molecular formula is C15H22O2. The lowest BCUT2D eigenvalue weighted by Crippen LogP contribution is -2.17. The van der Waals surface area contributed by atoms with Crippen molar-refractivity contribution in [3.05, 3.63) is 36.4 Å². The number of methoxy groups -OCH3 is 1. The van der Waals surface area contributed by atoms with Crippen molar-refractivity contribution in [1.29, 1.82) is 0 Å². The van der Waals surface area contributed by atoms with Crippen LogP contribution in [0.5, 0.6) is 11.5 Å². The minimum atomic E-state index is 0.144. The van der Waals surface area contributed by atoms with E-state index >= 15 is 0 Å². The highest BCUT2D eigenvalue weighted by molar-refractivity contribution is 5.43.